The van der Waals surface area contributed by atoms with Gasteiger partial charge >= 0.3 is 0 Å². The van der Waals surface area contributed by atoms with Gasteiger partial charge in [-0.1, -0.05) is 47.3 Å². The maximum atomic E-state index is 13.0. The first-order valence-electron chi connectivity index (χ1n) is 7.84. The molecule has 1 aliphatic heterocycles. The second-order valence-electron chi connectivity index (χ2n) is 6.40. The molecule has 1 aromatic carbocycles. The van der Waals surface area contributed by atoms with Gasteiger partial charge in [-0.15, -0.1) is 0 Å². The molecule has 1 aliphatic carbocycles. The molecule has 0 radical (unpaired) electrons. The van der Waals surface area contributed by atoms with Gasteiger partial charge in [0.25, 0.3) is 5.91 Å². The molecule has 3 rings (SSSR count). The highest BCUT2D eigenvalue weighted by atomic mass is 79.9. The number of amides is 1. The average Bonchev–Trinajstić information content (AvgIpc) is 2.50. The van der Waals surface area contributed by atoms with Crippen LogP contribution in [0, 0.1) is 11.8 Å². The van der Waals surface area contributed by atoms with Gasteiger partial charge in [0.1, 0.15) is 0 Å². The first-order chi connectivity index (χ1) is 10.1. The monoisotopic (exact) mass is 369 g/mol. The van der Waals surface area contributed by atoms with Gasteiger partial charge in [0.2, 0.25) is 0 Å². The van der Waals surface area contributed by atoms with Crippen LogP contribution in [0.5, 0.6) is 0 Å². The van der Waals surface area contributed by atoms with Crippen LogP contribution in [0.15, 0.2) is 22.7 Å². The predicted molar refractivity (Wildman–Crippen MR) is 89.7 cm³/mol. The number of benzene rings is 1. The standard InChI is InChI=1S/C17H21BrClNO/c1-11-8-9-20(16-5-3-2-4-13(11)16)17(21)14-10-12(18)6-7-15(14)19/h6-7,10-11,13,16H,2-5,8-9H2,1H3. The van der Waals surface area contributed by atoms with Crippen LogP contribution < -0.4 is 0 Å². The van der Waals surface area contributed by atoms with Gasteiger partial charge in [0, 0.05) is 17.1 Å². The van der Waals surface area contributed by atoms with E-state index in [0.717, 1.165) is 29.8 Å². The molecule has 4 heteroatoms. The van der Waals surface area contributed by atoms with Gasteiger partial charge in [0.05, 0.1) is 10.6 Å². The van der Waals surface area contributed by atoms with E-state index in [9.17, 15) is 4.79 Å². The minimum absolute atomic E-state index is 0.102. The van der Waals surface area contributed by atoms with Gasteiger partial charge in [-0.2, -0.15) is 0 Å². The van der Waals surface area contributed by atoms with Crippen molar-refractivity contribution >= 4 is 33.4 Å². The van der Waals surface area contributed by atoms with Crippen molar-refractivity contribution in [3.63, 3.8) is 0 Å². The Morgan fingerprint density at radius 2 is 2.05 bits per heavy atom. The Morgan fingerprint density at radius 1 is 1.29 bits per heavy atom. The van der Waals surface area contributed by atoms with Crippen molar-refractivity contribution in [3.05, 3.63) is 33.3 Å². The number of piperidine rings is 1. The molecule has 3 atom stereocenters. The number of likely N-dealkylation sites (tertiary alicyclic amines) is 1. The van der Waals surface area contributed by atoms with E-state index in [0.29, 0.717) is 22.5 Å². The van der Waals surface area contributed by atoms with E-state index in [1.165, 1.54) is 19.3 Å². The van der Waals surface area contributed by atoms with Gasteiger partial charge in [0.15, 0.2) is 0 Å². The lowest BCUT2D eigenvalue weighted by molar-refractivity contribution is 0.0218. The highest BCUT2D eigenvalue weighted by molar-refractivity contribution is 9.10. The van der Waals surface area contributed by atoms with Gasteiger partial charge in [-0.3, -0.25) is 4.79 Å². The largest absolute Gasteiger partial charge is 0.335 e. The molecule has 1 heterocycles. The Kier molecular flexibility index (Phi) is 4.60. The van der Waals surface area contributed by atoms with Crippen molar-refractivity contribution in [1.29, 1.82) is 0 Å². The van der Waals surface area contributed by atoms with Crippen LogP contribution in [-0.4, -0.2) is 23.4 Å². The summed E-state index contributed by atoms with van der Waals surface area (Å²) in [5.41, 5.74) is 0.630. The highest BCUT2D eigenvalue weighted by Gasteiger charge is 2.39. The highest BCUT2D eigenvalue weighted by Crippen LogP contribution is 2.39. The number of hydrogen-bond acceptors (Lipinski definition) is 1. The van der Waals surface area contributed by atoms with E-state index < -0.39 is 0 Å². The molecule has 3 unspecified atom stereocenters. The third kappa shape index (κ3) is 3.00. The van der Waals surface area contributed by atoms with Crippen molar-refractivity contribution in [2.24, 2.45) is 11.8 Å². The average molecular weight is 371 g/mol. The number of nitrogens with zero attached hydrogens (tertiary/aromatic N) is 1. The molecule has 1 saturated carbocycles. The fraction of sp³-hybridized carbons (Fsp3) is 0.588. The van der Waals surface area contributed by atoms with E-state index in [1.807, 2.05) is 12.1 Å². The zero-order chi connectivity index (χ0) is 15.0. The third-order valence-corrected chi connectivity index (χ3v) is 5.98. The Morgan fingerprint density at radius 3 is 2.86 bits per heavy atom. The lowest BCUT2D eigenvalue weighted by Crippen LogP contribution is -2.52. The summed E-state index contributed by atoms with van der Waals surface area (Å²) >= 11 is 9.68. The Bertz CT molecular complexity index is 548. The number of halogens is 2. The first kappa shape index (κ1) is 15.4. The van der Waals surface area contributed by atoms with E-state index in [-0.39, 0.29) is 5.91 Å². The number of hydrogen-bond donors (Lipinski definition) is 0. The molecule has 21 heavy (non-hydrogen) atoms. The normalized spacial score (nSPS) is 29.1. The molecule has 2 aliphatic rings. The van der Waals surface area contributed by atoms with Crippen LogP contribution >= 0.6 is 27.5 Å². The van der Waals surface area contributed by atoms with E-state index in [4.69, 9.17) is 11.6 Å². The maximum absolute atomic E-state index is 13.0. The van der Waals surface area contributed by atoms with Gasteiger partial charge in [-0.05, 0) is 49.3 Å². The lowest BCUT2D eigenvalue weighted by atomic mass is 9.72. The molecule has 1 aromatic rings. The summed E-state index contributed by atoms with van der Waals surface area (Å²) < 4.78 is 0.904. The molecule has 2 fully saturated rings. The van der Waals surface area contributed by atoms with Crippen molar-refractivity contribution in [1.82, 2.24) is 4.90 Å². The predicted octanol–water partition coefficient (Wildman–Crippen LogP) is 5.14. The minimum atomic E-state index is 0.102. The summed E-state index contributed by atoms with van der Waals surface area (Å²) in [5, 5.41) is 0.550. The number of rotatable bonds is 1. The second-order valence-corrected chi connectivity index (χ2v) is 7.73. The molecule has 1 amide bonds. The molecule has 0 N–H and O–H groups in total. The van der Waals surface area contributed by atoms with Crippen molar-refractivity contribution in [3.8, 4) is 0 Å². The third-order valence-electron chi connectivity index (χ3n) is 5.16. The molecule has 2 nitrogen and oxygen atoms in total. The summed E-state index contributed by atoms with van der Waals surface area (Å²) in [5.74, 6) is 1.50. The quantitative estimate of drug-likeness (QED) is 0.670. The number of fused-ring (bicyclic) bond motifs is 1. The molecule has 114 valence electrons. The number of carbonyl (C=O) groups excluding carboxylic acids is 1. The number of carbonyl (C=O) groups is 1. The van der Waals surface area contributed by atoms with Crippen LogP contribution in [0.2, 0.25) is 5.02 Å². The summed E-state index contributed by atoms with van der Waals surface area (Å²) in [6.07, 6.45) is 6.07. The fourth-order valence-corrected chi connectivity index (χ4v) is 4.54. The Labute approximate surface area is 140 Å². The first-order valence-corrected chi connectivity index (χ1v) is 9.01. The van der Waals surface area contributed by atoms with Gasteiger partial charge < -0.3 is 4.90 Å². The Hall–Kier alpha value is -0.540. The van der Waals surface area contributed by atoms with Crippen molar-refractivity contribution in [2.75, 3.05) is 6.54 Å². The molecular weight excluding hydrogens is 350 g/mol. The van der Waals surface area contributed by atoms with Crippen LogP contribution in [0.3, 0.4) is 0 Å². The molecule has 0 aromatic heterocycles. The van der Waals surface area contributed by atoms with E-state index in [2.05, 4.69) is 27.8 Å². The maximum Gasteiger partial charge on any atom is 0.255 e. The Balaban J connectivity index is 1.88. The fourth-order valence-electron chi connectivity index (χ4n) is 3.98. The summed E-state index contributed by atoms with van der Waals surface area (Å²) in [4.78, 5) is 15.0. The zero-order valence-electron chi connectivity index (χ0n) is 12.3. The minimum Gasteiger partial charge on any atom is -0.335 e. The van der Waals surface area contributed by atoms with Crippen LogP contribution in [-0.2, 0) is 0 Å². The van der Waals surface area contributed by atoms with Gasteiger partial charge in [-0.25, -0.2) is 0 Å². The smallest absolute Gasteiger partial charge is 0.255 e. The topological polar surface area (TPSA) is 20.3 Å². The molecule has 1 saturated heterocycles. The summed E-state index contributed by atoms with van der Waals surface area (Å²) in [6, 6.07) is 5.93. The zero-order valence-corrected chi connectivity index (χ0v) is 14.7. The van der Waals surface area contributed by atoms with E-state index in [1.54, 1.807) is 6.07 Å². The molecule has 0 bridgehead atoms. The van der Waals surface area contributed by atoms with Crippen LogP contribution in [0.1, 0.15) is 49.4 Å². The summed E-state index contributed by atoms with van der Waals surface area (Å²) in [6.45, 7) is 3.21. The van der Waals surface area contributed by atoms with Crippen molar-refractivity contribution < 1.29 is 4.79 Å². The summed E-state index contributed by atoms with van der Waals surface area (Å²) in [7, 11) is 0. The second kappa shape index (κ2) is 6.29. The molecular formula is C17H21BrClNO. The van der Waals surface area contributed by atoms with Crippen LogP contribution in [0.25, 0.3) is 0 Å². The van der Waals surface area contributed by atoms with Crippen molar-refractivity contribution in [2.45, 2.75) is 45.1 Å². The van der Waals surface area contributed by atoms with Crippen LogP contribution in [0.4, 0.5) is 0 Å². The SMILES string of the molecule is CC1CCN(C(=O)c2cc(Br)ccc2Cl)C2CCCCC12. The lowest BCUT2D eigenvalue weighted by Gasteiger charge is -2.47. The van der Waals surface area contributed by atoms with E-state index >= 15 is 0 Å². The molecule has 0 spiro atoms.